The average Bonchev–Trinajstić information content (AvgIpc) is 3.17. The summed E-state index contributed by atoms with van der Waals surface area (Å²) in [6.45, 7) is 9.58. The first-order valence-electron chi connectivity index (χ1n) is 13.1. The highest BCUT2D eigenvalue weighted by Gasteiger charge is 2.36. The Labute approximate surface area is 215 Å². The third kappa shape index (κ3) is 6.37. The van der Waals surface area contributed by atoms with Crippen LogP contribution >= 0.6 is 0 Å². The van der Waals surface area contributed by atoms with E-state index in [4.69, 9.17) is 0 Å². The minimum absolute atomic E-state index is 0.0484. The van der Waals surface area contributed by atoms with Gasteiger partial charge in [-0.1, -0.05) is 13.8 Å². The Bertz CT molecular complexity index is 1120. The second-order valence-electron chi connectivity index (χ2n) is 11.0. The van der Waals surface area contributed by atoms with Gasteiger partial charge in [-0.3, -0.25) is 9.69 Å². The Morgan fingerprint density at radius 2 is 1.76 bits per heavy atom. The highest BCUT2D eigenvalue weighted by Crippen LogP contribution is 2.35. The van der Waals surface area contributed by atoms with Crippen molar-refractivity contribution in [2.45, 2.75) is 77.7 Å². The van der Waals surface area contributed by atoms with E-state index >= 15 is 0 Å². The van der Waals surface area contributed by atoms with Gasteiger partial charge in [-0.2, -0.15) is 17.9 Å². The normalized spacial score (nSPS) is 21.3. The van der Waals surface area contributed by atoms with E-state index in [9.17, 15) is 22.8 Å². The van der Waals surface area contributed by atoms with Crippen LogP contribution in [0.1, 0.15) is 58.9 Å². The third-order valence-electron chi connectivity index (χ3n) is 7.50. The smallest absolute Gasteiger partial charge is 0.359 e. The molecule has 1 aliphatic heterocycles. The van der Waals surface area contributed by atoms with Crippen LogP contribution in [0.5, 0.6) is 0 Å². The van der Waals surface area contributed by atoms with Gasteiger partial charge in [-0.05, 0) is 69.6 Å². The van der Waals surface area contributed by atoms with Crippen molar-refractivity contribution in [2.24, 2.45) is 11.8 Å². The van der Waals surface area contributed by atoms with Crippen molar-refractivity contribution < 1.29 is 22.8 Å². The van der Waals surface area contributed by atoms with Crippen LogP contribution in [0.3, 0.4) is 0 Å². The number of nitrogens with zero attached hydrogens (tertiary/aromatic N) is 3. The number of halogens is 3. The lowest BCUT2D eigenvalue weighted by atomic mass is 9.78. The second-order valence-corrected chi connectivity index (χ2v) is 11.0. The molecule has 1 aromatic carbocycles. The predicted octanol–water partition coefficient (Wildman–Crippen LogP) is 4.45. The summed E-state index contributed by atoms with van der Waals surface area (Å²) >= 11 is 0. The lowest BCUT2D eigenvalue weighted by Gasteiger charge is -2.47. The molecule has 1 saturated heterocycles. The Balaban J connectivity index is 1.35. The molecule has 0 unspecified atom stereocenters. The number of nitrogens with one attached hydrogen (secondary N) is 3. The Morgan fingerprint density at radius 3 is 2.35 bits per heavy atom. The van der Waals surface area contributed by atoms with Crippen LogP contribution in [-0.4, -0.2) is 64.4 Å². The summed E-state index contributed by atoms with van der Waals surface area (Å²) in [6.07, 6.45) is 0.364. The van der Waals surface area contributed by atoms with E-state index in [0.717, 1.165) is 41.7 Å². The Kier molecular flexibility index (Phi) is 8.01. The number of hydrogen-bond donors (Lipinski definition) is 3. The zero-order chi connectivity index (χ0) is 26.9. The molecular formula is C26H37F3N6O2. The number of rotatable bonds is 7. The zero-order valence-corrected chi connectivity index (χ0v) is 21.9. The number of hydrogen-bond acceptors (Lipinski definition) is 5. The molecule has 2 heterocycles. The maximum atomic E-state index is 13.3. The van der Waals surface area contributed by atoms with Crippen molar-refractivity contribution in [3.05, 3.63) is 23.8 Å². The van der Waals surface area contributed by atoms with E-state index < -0.39 is 17.8 Å². The Hall–Kier alpha value is -2.82. The third-order valence-corrected chi connectivity index (χ3v) is 7.50. The van der Waals surface area contributed by atoms with Gasteiger partial charge >= 0.3 is 12.2 Å². The minimum Gasteiger partial charge on any atom is -0.359 e. The van der Waals surface area contributed by atoms with E-state index in [0.29, 0.717) is 6.04 Å². The summed E-state index contributed by atoms with van der Waals surface area (Å²) in [5.41, 5.74) is -0.635. The lowest BCUT2D eigenvalue weighted by Crippen LogP contribution is -2.63. The number of likely N-dealkylation sites (tertiary alicyclic amines) is 1. The van der Waals surface area contributed by atoms with Crippen molar-refractivity contribution in [3.63, 3.8) is 0 Å². The number of amides is 2. The molecule has 1 saturated carbocycles. The van der Waals surface area contributed by atoms with Gasteiger partial charge in [0.2, 0.25) is 5.91 Å². The molecule has 1 aliphatic carbocycles. The zero-order valence-electron chi connectivity index (χ0n) is 21.9. The molecular weight excluding hydrogens is 485 g/mol. The molecule has 0 spiro atoms. The second kappa shape index (κ2) is 10.9. The van der Waals surface area contributed by atoms with Gasteiger partial charge in [-0.25, -0.2) is 4.79 Å². The van der Waals surface area contributed by atoms with E-state index in [2.05, 4.69) is 39.8 Å². The first kappa shape index (κ1) is 27.2. The number of carbonyl (C=O) groups is 2. The molecule has 0 atom stereocenters. The van der Waals surface area contributed by atoms with E-state index in [-0.39, 0.29) is 41.3 Å². The fourth-order valence-corrected chi connectivity index (χ4v) is 5.37. The largest absolute Gasteiger partial charge is 0.416 e. The first-order valence-corrected chi connectivity index (χ1v) is 13.1. The number of aromatic nitrogens is 2. The first-order chi connectivity index (χ1) is 17.4. The van der Waals surface area contributed by atoms with Crippen LogP contribution in [0, 0.1) is 11.8 Å². The van der Waals surface area contributed by atoms with Gasteiger partial charge in [0.1, 0.15) is 0 Å². The van der Waals surface area contributed by atoms with E-state index in [1.807, 2.05) is 0 Å². The number of alkyl halides is 3. The summed E-state index contributed by atoms with van der Waals surface area (Å²) in [5, 5.41) is 12.8. The quantitative estimate of drug-likeness (QED) is 0.500. The van der Waals surface area contributed by atoms with E-state index in [1.54, 1.807) is 13.8 Å². The van der Waals surface area contributed by atoms with Crippen LogP contribution < -0.4 is 16.0 Å². The monoisotopic (exact) mass is 522 g/mol. The van der Waals surface area contributed by atoms with Gasteiger partial charge in [-0.15, -0.1) is 5.10 Å². The summed E-state index contributed by atoms with van der Waals surface area (Å²) in [7, 11) is 0. The van der Waals surface area contributed by atoms with E-state index in [1.165, 1.54) is 31.7 Å². The maximum absolute atomic E-state index is 13.3. The fourth-order valence-electron chi connectivity index (χ4n) is 5.37. The van der Waals surface area contributed by atoms with Gasteiger partial charge in [0, 0.05) is 30.6 Å². The molecule has 2 aromatic rings. The van der Waals surface area contributed by atoms with Crippen molar-refractivity contribution in [1.29, 1.82) is 0 Å². The van der Waals surface area contributed by atoms with Crippen LogP contribution in [0.4, 0.5) is 23.8 Å². The number of carbonyl (C=O) groups excluding carboxylic acids is 2. The van der Waals surface area contributed by atoms with Crippen molar-refractivity contribution >= 4 is 28.7 Å². The molecule has 11 heteroatoms. The number of fused-ring (bicyclic) bond motifs is 1. The van der Waals surface area contributed by atoms with Crippen LogP contribution in [0.15, 0.2) is 18.2 Å². The molecule has 3 N–H and O–H groups in total. The molecule has 2 amide bonds. The van der Waals surface area contributed by atoms with Gasteiger partial charge < -0.3 is 16.0 Å². The number of anilines is 1. The lowest BCUT2D eigenvalue weighted by molar-refractivity contribution is -0.137. The summed E-state index contributed by atoms with van der Waals surface area (Å²) in [5.74, 6) is 1.31. The van der Waals surface area contributed by atoms with Crippen molar-refractivity contribution in [3.8, 4) is 0 Å². The SMILES string of the molecule is CC(C)NC(=O)n1nc(NCC(=O)NC2CN([C@H]3CC[C@@H](C(C)C)CC3)C2)c2cc(C(F)(F)F)ccc21. The standard InChI is InChI=1S/C26H37F3N6O2/c1-15(2)17-5-8-20(9-6-17)34-13-19(14-34)32-23(36)12-30-24-21-11-18(26(27,28)29)7-10-22(21)35(33-24)25(37)31-16(3)4/h7,10-11,15-17,19-20H,5-6,8-9,12-14H2,1-4H3,(H,30,33)(H,31,37)(H,32,36)/t17-,20+. The molecule has 0 bridgehead atoms. The minimum atomic E-state index is -4.55. The average molecular weight is 523 g/mol. The molecule has 8 nitrogen and oxygen atoms in total. The van der Waals surface area contributed by atoms with Crippen LogP contribution in [0.2, 0.25) is 0 Å². The maximum Gasteiger partial charge on any atom is 0.416 e. The predicted molar refractivity (Wildman–Crippen MR) is 136 cm³/mol. The summed E-state index contributed by atoms with van der Waals surface area (Å²) < 4.78 is 41.0. The molecule has 0 radical (unpaired) electrons. The topological polar surface area (TPSA) is 91.3 Å². The molecule has 2 fully saturated rings. The van der Waals surface area contributed by atoms with Gasteiger partial charge in [0.15, 0.2) is 5.82 Å². The molecule has 204 valence electrons. The highest BCUT2D eigenvalue weighted by atomic mass is 19.4. The summed E-state index contributed by atoms with van der Waals surface area (Å²) in [6, 6.07) is 2.96. The highest BCUT2D eigenvalue weighted by molar-refractivity contribution is 5.98. The Morgan fingerprint density at radius 1 is 1.08 bits per heavy atom. The van der Waals surface area contributed by atoms with Crippen molar-refractivity contribution in [1.82, 2.24) is 25.3 Å². The van der Waals surface area contributed by atoms with Crippen molar-refractivity contribution in [2.75, 3.05) is 25.0 Å². The van der Waals surface area contributed by atoms with Crippen LogP contribution in [0.25, 0.3) is 10.9 Å². The summed E-state index contributed by atoms with van der Waals surface area (Å²) in [4.78, 5) is 27.6. The van der Waals surface area contributed by atoms with Gasteiger partial charge in [0.05, 0.1) is 23.7 Å². The van der Waals surface area contributed by atoms with Crippen LogP contribution in [-0.2, 0) is 11.0 Å². The molecule has 1 aromatic heterocycles. The number of benzene rings is 1. The molecule has 2 aliphatic rings. The molecule has 4 rings (SSSR count). The van der Waals surface area contributed by atoms with Gasteiger partial charge in [0.25, 0.3) is 0 Å². The molecule has 37 heavy (non-hydrogen) atoms. The fraction of sp³-hybridized carbons (Fsp3) is 0.654.